The topological polar surface area (TPSA) is 42.0 Å². The first-order valence-electron chi connectivity index (χ1n) is 5.82. The first kappa shape index (κ1) is 14.4. The lowest BCUT2D eigenvalue weighted by Gasteiger charge is -2.07. The van der Waals surface area contributed by atoms with Gasteiger partial charge in [0.25, 0.3) is 5.91 Å². The van der Waals surface area contributed by atoms with Crippen LogP contribution < -0.4 is 5.32 Å². The third kappa shape index (κ3) is 3.51. The Kier molecular flexibility index (Phi) is 4.29. The van der Waals surface area contributed by atoms with Gasteiger partial charge in [0.1, 0.15) is 16.8 Å². The van der Waals surface area contributed by atoms with Gasteiger partial charge in [0.05, 0.1) is 0 Å². The molecule has 1 amide bonds. The van der Waals surface area contributed by atoms with E-state index >= 15 is 0 Å². The Bertz CT molecular complexity index is 641. The van der Waals surface area contributed by atoms with E-state index in [-0.39, 0.29) is 17.3 Å². The van der Waals surface area contributed by atoms with Crippen molar-refractivity contribution in [1.82, 2.24) is 10.3 Å². The van der Waals surface area contributed by atoms with Crippen LogP contribution in [0.1, 0.15) is 21.6 Å². The van der Waals surface area contributed by atoms with Crippen molar-refractivity contribution in [2.75, 3.05) is 0 Å². The maximum Gasteiger partial charge on any atom is 0.251 e. The maximum absolute atomic E-state index is 13.4. The fourth-order valence-electron chi connectivity index (χ4n) is 1.72. The van der Waals surface area contributed by atoms with E-state index in [1.54, 1.807) is 13.0 Å². The molecule has 0 bridgehead atoms. The number of aromatic nitrogens is 1. The van der Waals surface area contributed by atoms with Gasteiger partial charge in [0.2, 0.25) is 0 Å². The predicted octanol–water partition coefficient (Wildman–Crippen LogP) is 3.25. The fraction of sp³-hybridized carbons (Fsp3) is 0.143. The van der Waals surface area contributed by atoms with Gasteiger partial charge in [-0.05, 0) is 37.3 Å². The monoisotopic (exact) mass is 296 g/mol. The number of pyridine rings is 1. The van der Waals surface area contributed by atoms with Crippen LogP contribution in [-0.4, -0.2) is 10.9 Å². The lowest BCUT2D eigenvalue weighted by Crippen LogP contribution is -2.23. The van der Waals surface area contributed by atoms with Crippen LogP contribution in [0.5, 0.6) is 0 Å². The van der Waals surface area contributed by atoms with Crippen molar-refractivity contribution >= 4 is 17.5 Å². The molecule has 0 spiro atoms. The van der Waals surface area contributed by atoms with Crippen molar-refractivity contribution in [3.63, 3.8) is 0 Å². The van der Waals surface area contributed by atoms with E-state index in [1.165, 1.54) is 6.07 Å². The van der Waals surface area contributed by atoms with Gasteiger partial charge in [-0.2, -0.15) is 0 Å². The normalized spacial score (nSPS) is 10.4. The third-order valence-corrected chi connectivity index (χ3v) is 2.83. The molecule has 0 saturated heterocycles. The summed E-state index contributed by atoms with van der Waals surface area (Å²) in [5.74, 6) is -1.56. The number of carbonyl (C=O) groups excluding carboxylic acids is 1. The van der Waals surface area contributed by atoms with Gasteiger partial charge in [-0.25, -0.2) is 13.8 Å². The maximum atomic E-state index is 13.4. The minimum atomic E-state index is -0.573. The molecule has 1 aromatic carbocycles. The summed E-state index contributed by atoms with van der Waals surface area (Å²) in [5.41, 5.74) is 0.995. The lowest BCUT2D eigenvalue weighted by atomic mass is 10.2. The van der Waals surface area contributed by atoms with Crippen LogP contribution in [0.15, 0.2) is 30.3 Å². The van der Waals surface area contributed by atoms with Crippen LogP contribution >= 0.6 is 11.6 Å². The molecule has 0 radical (unpaired) electrons. The van der Waals surface area contributed by atoms with Gasteiger partial charge in [0, 0.05) is 23.4 Å². The number of hydrogen-bond acceptors (Lipinski definition) is 2. The van der Waals surface area contributed by atoms with Crippen molar-refractivity contribution in [2.45, 2.75) is 13.5 Å². The van der Waals surface area contributed by atoms with Crippen LogP contribution in [0, 0.1) is 18.6 Å². The quantitative estimate of drug-likeness (QED) is 0.884. The summed E-state index contributed by atoms with van der Waals surface area (Å²) >= 11 is 5.76. The van der Waals surface area contributed by atoms with Crippen molar-refractivity contribution in [1.29, 1.82) is 0 Å². The van der Waals surface area contributed by atoms with E-state index in [4.69, 9.17) is 11.6 Å². The van der Waals surface area contributed by atoms with E-state index in [1.807, 2.05) is 0 Å². The zero-order valence-corrected chi connectivity index (χ0v) is 11.3. The molecule has 0 fully saturated rings. The fourth-order valence-corrected chi connectivity index (χ4v) is 1.97. The van der Waals surface area contributed by atoms with Crippen molar-refractivity contribution in [3.8, 4) is 0 Å². The Morgan fingerprint density at radius 1 is 1.30 bits per heavy atom. The van der Waals surface area contributed by atoms with Gasteiger partial charge in [0.15, 0.2) is 0 Å². The molecule has 0 aliphatic carbocycles. The number of benzene rings is 1. The zero-order chi connectivity index (χ0) is 14.7. The molecular weight excluding hydrogens is 286 g/mol. The lowest BCUT2D eigenvalue weighted by molar-refractivity contribution is 0.0950. The van der Waals surface area contributed by atoms with E-state index < -0.39 is 17.5 Å². The summed E-state index contributed by atoms with van der Waals surface area (Å²) in [6, 6.07) is 6.05. The van der Waals surface area contributed by atoms with Crippen molar-refractivity contribution < 1.29 is 13.6 Å². The number of aryl methyl sites for hydroxylation is 1. The number of nitrogens with one attached hydrogen (secondary N) is 1. The molecule has 6 heteroatoms. The molecular formula is C14H11ClF2N2O. The first-order valence-corrected chi connectivity index (χ1v) is 6.20. The van der Waals surface area contributed by atoms with Gasteiger partial charge >= 0.3 is 0 Å². The number of nitrogens with zero attached hydrogens (tertiary/aromatic N) is 1. The highest BCUT2D eigenvalue weighted by Crippen LogP contribution is 2.12. The minimum absolute atomic E-state index is 0.0789. The van der Waals surface area contributed by atoms with E-state index in [0.717, 1.165) is 18.2 Å². The summed E-state index contributed by atoms with van der Waals surface area (Å²) in [5, 5.41) is 2.71. The molecule has 0 saturated carbocycles. The molecule has 0 aliphatic heterocycles. The molecule has 0 aliphatic rings. The second kappa shape index (κ2) is 5.96. The molecule has 2 rings (SSSR count). The van der Waals surface area contributed by atoms with Crippen LogP contribution in [-0.2, 0) is 6.54 Å². The van der Waals surface area contributed by atoms with Crippen LogP contribution in [0.2, 0.25) is 5.15 Å². The molecule has 1 heterocycles. The SMILES string of the molecule is Cc1cc(C(=O)NCc2cc(F)ccc2F)cc(Cl)n1. The van der Waals surface area contributed by atoms with Gasteiger partial charge < -0.3 is 5.32 Å². The molecule has 1 N–H and O–H groups in total. The van der Waals surface area contributed by atoms with E-state index in [0.29, 0.717) is 11.3 Å². The standard InChI is InChI=1S/C14H11ClF2N2O/c1-8-4-9(6-13(15)19-8)14(20)18-7-10-5-11(16)2-3-12(10)17/h2-6H,7H2,1H3,(H,18,20). The third-order valence-electron chi connectivity index (χ3n) is 2.63. The summed E-state index contributed by atoms with van der Waals surface area (Å²) in [4.78, 5) is 15.8. The molecule has 1 aromatic heterocycles. The number of amides is 1. The first-order chi connectivity index (χ1) is 9.45. The van der Waals surface area contributed by atoms with Crippen LogP contribution in [0.3, 0.4) is 0 Å². The number of halogens is 3. The average Bonchev–Trinajstić information content (AvgIpc) is 2.38. The highest BCUT2D eigenvalue weighted by atomic mass is 35.5. The van der Waals surface area contributed by atoms with E-state index in [9.17, 15) is 13.6 Å². The smallest absolute Gasteiger partial charge is 0.251 e. The molecule has 0 atom stereocenters. The average molecular weight is 297 g/mol. The Morgan fingerprint density at radius 2 is 2.05 bits per heavy atom. The van der Waals surface area contributed by atoms with E-state index in [2.05, 4.69) is 10.3 Å². The Labute approximate surface area is 119 Å². The Hall–Kier alpha value is -2.01. The molecule has 0 unspecified atom stereocenters. The summed E-state index contributed by atoms with van der Waals surface area (Å²) in [7, 11) is 0. The van der Waals surface area contributed by atoms with Gasteiger partial charge in [-0.1, -0.05) is 11.6 Å². The Balaban J connectivity index is 2.10. The van der Waals surface area contributed by atoms with Crippen LogP contribution in [0.25, 0.3) is 0 Å². The summed E-state index contributed by atoms with van der Waals surface area (Å²) in [6.45, 7) is 1.59. The number of rotatable bonds is 3. The van der Waals surface area contributed by atoms with Crippen LogP contribution in [0.4, 0.5) is 8.78 Å². The van der Waals surface area contributed by atoms with Crippen molar-refractivity contribution in [2.24, 2.45) is 0 Å². The van der Waals surface area contributed by atoms with Crippen molar-refractivity contribution in [3.05, 3.63) is 63.9 Å². The summed E-state index contributed by atoms with van der Waals surface area (Å²) in [6.07, 6.45) is 0. The number of carbonyl (C=O) groups is 1. The van der Waals surface area contributed by atoms with Gasteiger partial charge in [-0.3, -0.25) is 4.79 Å². The largest absolute Gasteiger partial charge is 0.348 e. The highest BCUT2D eigenvalue weighted by Gasteiger charge is 2.10. The summed E-state index contributed by atoms with van der Waals surface area (Å²) < 4.78 is 26.4. The molecule has 2 aromatic rings. The van der Waals surface area contributed by atoms with Gasteiger partial charge in [-0.15, -0.1) is 0 Å². The molecule has 20 heavy (non-hydrogen) atoms. The second-order valence-electron chi connectivity index (χ2n) is 4.24. The molecule has 3 nitrogen and oxygen atoms in total. The predicted molar refractivity (Wildman–Crippen MR) is 71.5 cm³/mol. The second-order valence-corrected chi connectivity index (χ2v) is 4.63. The zero-order valence-electron chi connectivity index (χ0n) is 10.6. The number of hydrogen-bond donors (Lipinski definition) is 1. The molecule has 104 valence electrons. The highest BCUT2D eigenvalue weighted by molar-refractivity contribution is 6.29. The minimum Gasteiger partial charge on any atom is -0.348 e. The Morgan fingerprint density at radius 3 is 2.75 bits per heavy atom.